The van der Waals surface area contributed by atoms with Crippen LogP contribution < -0.4 is 14.9 Å². The highest BCUT2D eigenvalue weighted by atomic mass is 32.2. The fourth-order valence-electron chi connectivity index (χ4n) is 2.74. The molecule has 1 fully saturated rings. The predicted molar refractivity (Wildman–Crippen MR) is 102 cm³/mol. The van der Waals surface area contributed by atoms with Gasteiger partial charge in [-0.1, -0.05) is 6.07 Å². The lowest BCUT2D eigenvalue weighted by molar-refractivity contribution is -0.136. The van der Waals surface area contributed by atoms with Crippen molar-refractivity contribution in [2.45, 2.75) is 19.4 Å². The summed E-state index contributed by atoms with van der Waals surface area (Å²) < 4.78 is 25.6. The van der Waals surface area contributed by atoms with Gasteiger partial charge in [-0.3, -0.25) is 18.9 Å². The van der Waals surface area contributed by atoms with Crippen molar-refractivity contribution in [1.82, 2.24) is 10.3 Å². The van der Waals surface area contributed by atoms with Gasteiger partial charge < -0.3 is 10.6 Å². The van der Waals surface area contributed by atoms with Gasteiger partial charge in [0, 0.05) is 31.2 Å². The Morgan fingerprint density at radius 1 is 1.07 bits per heavy atom. The number of rotatable bonds is 4. The summed E-state index contributed by atoms with van der Waals surface area (Å²) in [4.78, 5) is 27.8. The molecule has 1 aliphatic rings. The Hall–Kier alpha value is -2.94. The van der Waals surface area contributed by atoms with Crippen LogP contribution in [0.4, 0.5) is 11.4 Å². The Morgan fingerprint density at radius 2 is 1.85 bits per heavy atom. The number of carbonyl (C=O) groups excluding carboxylic acids is 2. The molecular weight excluding hydrogens is 368 g/mol. The average Bonchev–Trinajstić information content (AvgIpc) is 2.67. The maximum atomic E-state index is 12.1. The average molecular weight is 388 g/mol. The molecule has 3 rings (SSSR count). The SMILES string of the molecule is O=C(NCc1cccnc1)C(=O)Nc1ccc(N2CCCCS2(=O)=O)cc1. The fourth-order valence-corrected chi connectivity index (χ4v) is 4.38. The minimum absolute atomic E-state index is 0.141. The van der Waals surface area contributed by atoms with Crippen LogP contribution in [0.25, 0.3) is 0 Å². The van der Waals surface area contributed by atoms with E-state index in [2.05, 4.69) is 15.6 Å². The molecule has 0 radical (unpaired) electrons. The Labute approximate surface area is 157 Å². The number of nitrogens with one attached hydrogen (secondary N) is 2. The van der Waals surface area contributed by atoms with E-state index in [1.807, 2.05) is 0 Å². The topological polar surface area (TPSA) is 108 Å². The monoisotopic (exact) mass is 388 g/mol. The van der Waals surface area contributed by atoms with Crippen LogP contribution in [0.5, 0.6) is 0 Å². The molecule has 0 bridgehead atoms. The molecule has 0 saturated carbocycles. The first kappa shape index (κ1) is 18.8. The fraction of sp³-hybridized carbons (Fsp3) is 0.278. The predicted octanol–water partition coefficient (Wildman–Crippen LogP) is 1.27. The maximum absolute atomic E-state index is 12.1. The number of pyridine rings is 1. The zero-order valence-corrected chi connectivity index (χ0v) is 15.4. The Morgan fingerprint density at radius 3 is 2.52 bits per heavy atom. The number of hydrogen-bond donors (Lipinski definition) is 2. The van der Waals surface area contributed by atoms with Crippen molar-refractivity contribution in [2.24, 2.45) is 0 Å². The van der Waals surface area contributed by atoms with E-state index in [0.717, 1.165) is 12.0 Å². The quantitative estimate of drug-likeness (QED) is 0.767. The van der Waals surface area contributed by atoms with Gasteiger partial charge in [0.1, 0.15) is 0 Å². The smallest absolute Gasteiger partial charge is 0.313 e. The molecule has 0 unspecified atom stereocenters. The second-order valence-electron chi connectivity index (χ2n) is 6.14. The third-order valence-corrected chi connectivity index (χ3v) is 6.01. The molecule has 2 N–H and O–H groups in total. The summed E-state index contributed by atoms with van der Waals surface area (Å²) >= 11 is 0. The summed E-state index contributed by atoms with van der Waals surface area (Å²) in [6, 6.07) is 9.92. The van der Waals surface area contributed by atoms with Crippen LogP contribution >= 0.6 is 0 Å². The Balaban J connectivity index is 1.57. The minimum atomic E-state index is -3.28. The zero-order valence-electron chi connectivity index (χ0n) is 14.6. The van der Waals surface area contributed by atoms with Crippen molar-refractivity contribution in [1.29, 1.82) is 0 Å². The van der Waals surface area contributed by atoms with E-state index in [0.29, 0.717) is 24.3 Å². The van der Waals surface area contributed by atoms with Crippen molar-refractivity contribution >= 4 is 33.2 Å². The van der Waals surface area contributed by atoms with E-state index >= 15 is 0 Å². The van der Waals surface area contributed by atoms with Gasteiger partial charge in [0.15, 0.2) is 0 Å². The van der Waals surface area contributed by atoms with E-state index in [1.54, 1.807) is 48.8 Å². The Kier molecular flexibility index (Phi) is 5.70. The van der Waals surface area contributed by atoms with E-state index in [9.17, 15) is 18.0 Å². The number of nitrogens with zero attached hydrogens (tertiary/aromatic N) is 2. The molecule has 1 aromatic carbocycles. The summed E-state index contributed by atoms with van der Waals surface area (Å²) in [5.41, 5.74) is 1.74. The summed E-state index contributed by atoms with van der Waals surface area (Å²) in [6.07, 6.45) is 4.71. The molecular formula is C18H20N4O4S. The first-order valence-electron chi connectivity index (χ1n) is 8.54. The van der Waals surface area contributed by atoms with Gasteiger partial charge in [-0.15, -0.1) is 0 Å². The summed E-state index contributed by atoms with van der Waals surface area (Å²) in [6.45, 7) is 0.649. The lowest BCUT2D eigenvalue weighted by atomic mass is 10.2. The molecule has 9 heteroatoms. The number of carbonyl (C=O) groups is 2. The van der Waals surface area contributed by atoms with Crippen molar-refractivity contribution in [3.8, 4) is 0 Å². The number of benzene rings is 1. The number of sulfonamides is 1. The van der Waals surface area contributed by atoms with Crippen molar-refractivity contribution in [3.63, 3.8) is 0 Å². The lowest BCUT2D eigenvalue weighted by Gasteiger charge is -2.28. The third-order valence-electron chi connectivity index (χ3n) is 4.14. The molecule has 1 saturated heterocycles. The molecule has 27 heavy (non-hydrogen) atoms. The first-order chi connectivity index (χ1) is 13.0. The summed E-state index contributed by atoms with van der Waals surface area (Å²) in [5.74, 6) is -1.42. The van der Waals surface area contributed by atoms with Crippen molar-refractivity contribution < 1.29 is 18.0 Å². The van der Waals surface area contributed by atoms with E-state index in [1.165, 1.54) is 4.31 Å². The molecule has 2 amide bonds. The first-order valence-corrected chi connectivity index (χ1v) is 10.2. The summed E-state index contributed by atoms with van der Waals surface area (Å²) in [7, 11) is -3.28. The van der Waals surface area contributed by atoms with Crippen LogP contribution in [0.2, 0.25) is 0 Å². The lowest BCUT2D eigenvalue weighted by Crippen LogP contribution is -2.37. The molecule has 2 heterocycles. The molecule has 1 aliphatic heterocycles. The molecule has 2 aromatic rings. The van der Waals surface area contributed by atoms with Gasteiger partial charge in [-0.25, -0.2) is 8.42 Å². The second kappa shape index (κ2) is 8.17. The summed E-state index contributed by atoms with van der Waals surface area (Å²) in [5, 5.41) is 5.01. The molecule has 0 spiro atoms. The van der Waals surface area contributed by atoms with Crippen molar-refractivity contribution in [3.05, 3.63) is 54.4 Å². The van der Waals surface area contributed by atoms with Gasteiger partial charge in [-0.2, -0.15) is 0 Å². The standard InChI is InChI=1S/C18H20N4O4S/c23-17(20-13-14-4-3-9-19-12-14)18(24)21-15-5-7-16(8-6-15)22-10-1-2-11-27(22,25)26/h3-9,12H,1-2,10-11,13H2,(H,20,23)(H,21,24). The number of aromatic nitrogens is 1. The Bertz CT molecular complexity index is 914. The maximum Gasteiger partial charge on any atom is 0.313 e. The van der Waals surface area contributed by atoms with Gasteiger partial charge in [0.2, 0.25) is 10.0 Å². The van der Waals surface area contributed by atoms with Crippen LogP contribution in [0.1, 0.15) is 18.4 Å². The normalized spacial score (nSPS) is 15.8. The van der Waals surface area contributed by atoms with E-state index in [-0.39, 0.29) is 12.3 Å². The molecule has 142 valence electrons. The number of hydrogen-bond acceptors (Lipinski definition) is 5. The number of amides is 2. The second-order valence-corrected chi connectivity index (χ2v) is 8.15. The highest BCUT2D eigenvalue weighted by molar-refractivity contribution is 7.92. The molecule has 8 nitrogen and oxygen atoms in total. The van der Waals surface area contributed by atoms with Crippen LogP contribution in [0.3, 0.4) is 0 Å². The van der Waals surface area contributed by atoms with Gasteiger partial charge in [0.05, 0.1) is 11.4 Å². The highest BCUT2D eigenvalue weighted by Gasteiger charge is 2.25. The van der Waals surface area contributed by atoms with Crippen LogP contribution in [0, 0.1) is 0 Å². The van der Waals surface area contributed by atoms with Crippen LogP contribution in [-0.4, -0.2) is 37.5 Å². The van der Waals surface area contributed by atoms with E-state index < -0.39 is 21.8 Å². The molecule has 0 aliphatic carbocycles. The van der Waals surface area contributed by atoms with Gasteiger partial charge >= 0.3 is 11.8 Å². The third kappa shape index (κ3) is 4.82. The van der Waals surface area contributed by atoms with Gasteiger partial charge in [0.25, 0.3) is 0 Å². The van der Waals surface area contributed by atoms with Crippen LogP contribution in [-0.2, 0) is 26.2 Å². The minimum Gasteiger partial charge on any atom is -0.344 e. The molecule has 1 aromatic heterocycles. The number of anilines is 2. The highest BCUT2D eigenvalue weighted by Crippen LogP contribution is 2.24. The van der Waals surface area contributed by atoms with Gasteiger partial charge in [-0.05, 0) is 48.7 Å². The van der Waals surface area contributed by atoms with Crippen molar-refractivity contribution in [2.75, 3.05) is 21.9 Å². The van der Waals surface area contributed by atoms with E-state index in [4.69, 9.17) is 0 Å². The zero-order chi connectivity index (χ0) is 19.3. The molecule has 0 atom stereocenters. The largest absolute Gasteiger partial charge is 0.344 e. The van der Waals surface area contributed by atoms with Crippen LogP contribution in [0.15, 0.2) is 48.8 Å².